The summed E-state index contributed by atoms with van der Waals surface area (Å²) in [6.45, 7) is 1.41. The molecule has 0 heterocycles. The first-order valence-corrected chi connectivity index (χ1v) is 6.22. The maximum Gasteiger partial charge on any atom is 0.162 e. The molecule has 0 saturated carbocycles. The molecule has 0 bridgehead atoms. The Hall–Kier alpha value is -1.94. The minimum absolute atomic E-state index is 0.00390. The number of rotatable bonds is 4. The standard InChI is InChI=1S/C15H11ClF2O2/c1-9(19)12-4-3-11(7-15(12)18)20-8-10-2-5-14(17)13(16)6-10/h2-7H,8H2,1H3. The topological polar surface area (TPSA) is 26.3 Å². The van der Waals surface area contributed by atoms with E-state index < -0.39 is 11.6 Å². The fourth-order valence-electron chi connectivity index (χ4n) is 1.67. The monoisotopic (exact) mass is 296 g/mol. The van der Waals surface area contributed by atoms with Gasteiger partial charge in [0, 0.05) is 6.07 Å². The minimum Gasteiger partial charge on any atom is -0.489 e. The van der Waals surface area contributed by atoms with Gasteiger partial charge in [0.05, 0.1) is 10.6 Å². The van der Waals surface area contributed by atoms with Crippen molar-refractivity contribution in [1.29, 1.82) is 0 Å². The van der Waals surface area contributed by atoms with Crippen LogP contribution in [0.25, 0.3) is 0 Å². The molecule has 104 valence electrons. The summed E-state index contributed by atoms with van der Waals surface area (Å²) in [6.07, 6.45) is 0. The highest BCUT2D eigenvalue weighted by Crippen LogP contribution is 2.20. The number of carbonyl (C=O) groups excluding carboxylic acids is 1. The van der Waals surface area contributed by atoms with Crippen LogP contribution in [0.2, 0.25) is 5.02 Å². The maximum atomic E-state index is 13.6. The van der Waals surface area contributed by atoms with Crippen LogP contribution in [0.1, 0.15) is 22.8 Å². The zero-order valence-electron chi connectivity index (χ0n) is 10.6. The van der Waals surface area contributed by atoms with E-state index in [-0.39, 0.29) is 28.7 Å². The average Bonchev–Trinajstić information content (AvgIpc) is 2.40. The summed E-state index contributed by atoms with van der Waals surface area (Å²) in [4.78, 5) is 11.1. The summed E-state index contributed by atoms with van der Waals surface area (Å²) in [5, 5.41) is 0.00390. The van der Waals surface area contributed by atoms with Gasteiger partial charge in [-0.1, -0.05) is 17.7 Å². The number of halogens is 3. The summed E-state index contributed by atoms with van der Waals surface area (Å²) in [5.41, 5.74) is 0.676. The van der Waals surface area contributed by atoms with E-state index in [0.29, 0.717) is 5.56 Å². The van der Waals surface area contributed by atoms with Gasteiger partial charge in [0.15, 0.2) is 5.78 Å². The van der Waals surface area contributed by atoms with Gasteiger partial charge in [-0.2, -0.15) is 0 Å². The van der Waals surface area contributed by atoms with E-state index in [0.717, 1.165) is 6.07 Å². The number of hydrogen-bond acceptors (Lipinski definition) is 2. The molecule has 0 aliphatic carbocycles. The third-order valence-electron chi connectivity index (χ3n) is 2.71. The molecule has 0 amide bonds. The first-order valence-electron chi connectivity index (χ1n) is 5.84. The fourth-order valence-corrected chi connectivity index (χ4v) is 1.87. The molecule has 0 N–H and O–H groups in total. The summed E-state index contributed by atoms with van der Waals surface area (Å²) in [7, 11) is 0. The van der Waals surface area contributed by atoms with Gasteiger partial charge < -0.3 is 4.74 Å². The van der Waals surface area contributed by atoms with Crippen LogP contribution in [-0.2, 0) is 6.61 Å². The summed E-state index contributed by atoms with van der Waals surface area (Å²) < 4.78 is 31.9. The van der Waals surface area contributed by atoms with Gasteiger partial charge in [0.2, 0.25) is 0 Å². The number of hydrogen-bond donors (Lipinski definition) is 0. The van der Waals surface area contributed by atoms with E-state index in [9.17, 15) is 13.6 Å². The highest BCUT2D eigenvalue weighted by molar-refractivity contribution is 6.30. The predicted molar refractivity (Wildman–Crippen MR) is 72.1 cm³/mol. The van der Waals surface area contributed by atoms with Crippen molar-refractivity contribution in [3.8, 4) is 5.75 Å². The Kier molecular flexibility index (Phi) is 4.35. The van der Waals surface area contributed by atoms with Crippen LogP contribution in [0.15, 0.2) is 36.4 Å². The van der Waals surface area contributed by atoms with Crippen molar-refractivity contribution in [2.45, 2.75) is 13.5 Å². The quantitative estimate of drug-likeness (QED) is 0.782. The van der Waals surface area contributed by atoms with Crippen molar-refractivity contribution in [2.75, 3.05) is 0 Å². The Morgan fingerprint density at radius 3 is 2.50 bits per heavy atom. The van der Waals surface area contributed by atoms with Crippen molar-refractivity contribution >= 4 is 17.4 Å². The first kappa shape index (κ1) is 14.5. The van der Waals surface area contributed by atoms with Crippen molar-refractivity contribution in [3.63, 3.8) is 0 Å². The summed E-state index contributed by atoms with van der Waals surface area (Å²) in [6, 6.07) is 8.22. The van der Waals surface area contributed by atoms with Crippen molar-refractivity contribution in [1.82, 2.24) is 0 Å². The second kappa shape index (κ2) is 6.01. The molecule has 0 unspecified atom stereocenters. The molecule has 2 aromatic carbocycles. The number of Topliss-reactive ketones (excluding diaryl/α,β-unsaturated/α-hetero) is 1. The molecule has 0 atom stereocenters. The lowest BCUT2D eigenvalue weighted by atomic mass is 10.1. The Labute approximate surface area is 119 Å². The molecule has 0 radical (unpaired) electrons. The Morgan fingerprint density at radius 1 is 1.15 bits per heavy atom. The number of ether oxygens (including phenoxy) is 1. The third kappa shape index (κ3) is 3.33. The highest BCUT2D eigenvalue weighted by atomic mass is 35.5. The lowest BCUT2D eigenvalue weighted by Gasteiger charge is -2.08. The normalized spacial score (nSPS) is 10.4. The Balaban J connectivity index is 2.09. The second-order valence-corrected chi connectivity index (χ2v) is 4.64. The lowest BCUT2D eigenvalue weighted by Crippen LogP contribution is -2.00. The van der Waals surface area contributed by atoms with Crippen molar-refractivity contribution < 1.29 is 18.3 Å². The molecule has 2 nitrogen and oxygen atoms in total. The highest BCUT2D eigenvalue weighted by Gasteiger charge is 2.08. The molecule has 5 heteroatoms. The van der Waals surface area contributed by atoms with Crippen LogP contribution >= 0.6 is 11.6 Å². The summed E-state index contributed by atoms with van der Waals surface area (Å²) in [5.74, 6) is -1.20. The SMILES string of the molecule is CC(=O)c1ccc(OCc2ccc(F)c(Cl)c2)cc1F. The molecular formula is C15H11ClF2O2. The van der Waals surface area contributed by atoms with Gasteiger partial charge in [0.25, 0.3) is 0 Å². The Morgan fingerprint density at radius 2 is 1.90 bits per heavy atom. The van der Waals surface area contributed by atoms with E-state index in [1.807, 2.05) is 0 Å². The van der Waals surface area contributed by atoms with E-state index in [1.54, 1.807) is 0 Å². The zero-order valence-corrected chi connectivity index (χ0v) is 11.4. The van der Waals surface area contributed by atoms with E-state index >= 15 is 0 Å². The first-order chi connectivity index (χ1) is 9.47. The number of ketones is 1. The molecule has 0 aliphatic rings. The van der Waals surface area contributed by atoms with E-state index in [2.05, 4.69) is 0 Å². The van der Waals surface area contributed by atoms with Crippen LogP contribution in [0.5, 0.6) is 5.75 Å². The molecule has 0 saturated heterocycles. The molecule has 0 spiro atoms. The van der Waals surface area contributed by atoms with Crippen molar-refractivity contribution in [2.24, 2.45) is 0 Å². The Bertz CT molecular complexity index is 656. The van der Waals surface area contributed by atoms with Crippen LogP contribution in [0.3, 0.4) is 0 Å². The van der Waals surface area contributed by atoms with Gasteiger partial charge >= 0.3 is 0 Å². The number of benzene rings is 2. The van der Waals surface area contributed by atoms with E-state index in [4.69, 9.17) is 16.3 Å². The molecule has 20 heavy (non-hydrogen) atoms. The largest absolute Gasteiger partial charge is 0.489 e. The van der Waals surface area contributed by atoms with Crippen LogP contribution in [0, 0.1) is 11.6 Å². The van der Waals surface area contributed by atoms with Gasteiger partial charge in [-0.3, -0.25) is 4.79 Å². The minimum atomic E-state index is -0.632. The van der Waals surface area contributed by atoms with Gasteiger partial charge in [-0.15, -0.1) is 0 Å². The van der Waals surface area contributed by atoms with Crippen LogP contribution < -0.4 is 4.74 Å². The molecule has 0 aromatic heterocycles. The molecule has 2 aromatic rings. The molecule has 2 rings (SSSR count). The predicted octanol–water partition coefficient (Wildman–Crippen LogP) is 4.40. The van der Waals surface area contributed by atoms with Crippen LogP contribution in [-0.4, -0.2) is 5.78 Å². The lowest BCUT2D eigenvalue weighted by molar-refractivity contribution is 0.101. The third-order valence-corrected chi connectivity index (χ3v) is 3.00. The van der Waals surface area contributed by atoms with Gasteiger partial charge in [-0.05, 0) is 36.8 Å². The van der Waals surface area contributed by atoms with Gasteiger partial charge in [-0.25, -0.2) is 8.78 Å². The van der Waals surface area contributed by atoms with E-state index in [1.165, 1.54) is 37.3 Å². The molecular weight excluding hydrogens is 286 g/mol. The zero-order chi connectivity index (χ0) is 14.7. The summed E-state index contributed by atoms with van der Waals surface area (Å²) >= 11 is 5.65. The number of carbonyl (C=O) groups is 1. The maximum absolute atomic E-state index is 13.6. The molecule has 0 fully saturated rings. The molecule has 0 aliphatic heterocycles. The van der Waals surface area contributed by atoms with Crippen LogP contribution in [0.4, 0.5) is 8.78 Å². The fraction of sp³-hybridized carbons (Fsp3) is 0.133. The van der Waals surface area contributed by atoms with Gasteiger partial charge in [0.1, 0.15) is 24.0 Å². The second-order valence-electron chi connectivity index (χ2n) is 4.23. The smallest absolute Gasteiger partial charge is 0.162 e. The average molecular weight is 297 g/mol. The van der Waals surface area contributed by atoms with Crippen molar-refractivity contribution in [3.05, 3.63) is 64.2 Å².